The van der Waals surface area contributed by atoms with Crippen LogP contribution in [0.5, 0.6) is 0 Å². The van der Waals surface area contributed by atoms with Gasteiger partial charge in [-0.25, -0.2) is 4.39 Å². The van der Waals surface area contributed by atoms with Crippen LogP contribution >= 0.6 is 0 Å². The molecule has 1 heterocycles. The highest BCUT2D eigenvalue weighted by Crippen LogP contribution is 2.28. The van der Waals surface area contributed by atoms with Crippen molar-refractivity contribution in [1.82, 2.24) is 4.90 Å². The Hall–Kier alpha value is -1.60. The molecule has 2 unspecified atom stereocenters. The molecule has 1 aliphatic rings. The SMILES string of the molecule is CC1CN(c2ccc(C#N)cc2F)CC1N(C)C. The predicted octanol–water partition coefficient (Wildman–Crippen LogP) is 2.08. The van der Waals surface area contributed by atoms with Crippen molar-refractivity contribution < 1.29 is 4.39 Å². The molecule has 96 valence electrons. The van der Waals surface area contributed by atoms with Crippen LogP contribution in [0.25, 0.3) is 0 Å². The van der Waals surface area contributed by atoms with E-state index in [0.29, 0.717) is 23.2 Å². The zero-order chi connectivity index (χ0) is 13.3. The second-order valence-corrected chi connectivity index (χ2v) is 5.19. The maximum atomic E-state index is 13.9. The molecule has 0 N–H and O–H groups in total. The molecule has 4 heteroatoms. The molecule has 1 aliphatic heterocycles. The minimum atomic E-state index is -0.305. The zero-order valence-electron chi connectivity index (χ0n) is 11.0. The lowest BCUT2D eigenvalue weighted by Gasteiger charge is -2.23. The smallest absolute Gasteiger partial charge is 0.147 e. The molecule has 0 spiro atoms. The summed E-state index contributed by atoms with van der Waals surface area (Å²) in [6.45, 7) is 3.87. The fourth-order valence-corrected chi connectivity index (χ4v) is 2.65. The van der Waals surface area contributed by atoms with Crippen LogP contribution in [0.3, 0.4) is 0 Å². The van der Waals surface area contributed by atoms with E-state index in [2.05, 4.69) is 30.8 Å². The van der Waals surface area contributed by atoms with Crippen molar-refractivity contribution >= 4 is 5.69 Å². The Morgan fingerprint density at radius 2 is 2.11 bits per heavy atom. The van der Waals surface area contributed by atoms with E-state index in [1.807, 2.05) is 6.07 Å². The first-order valence-electron chi connectivity index (χ1n) is 6.14. The molecular formula is C14H18FN3. The lowest BCUT2D eigenvalue weighted by atomic mass is 10.1. The summed E-state index contributed by atoms with van der Waals surface area (Å²) in [5, 5.41) is 8.74. The maximum absolute atomic E-state index is 13.9. The topological polar surface area (TPSA) is 30.3 Å². The van der Waals surface area contributed by atoms with E-state index in [-0.39, 0.29) is 5.82 Å². The van der Waals surface area contributed by atoms with Crippen molar-refractivity contribution in [3.63, 3.8) is 0 Å². The molecule has 1 aromatic rings. The highest BCUT2D eigenvalue weighted by molar-refractivity contribution is 5.52. The first kappa shape index (κ1) is 12.8. The molecule has 0 saturated carbocycles. The summed E-state index contributed by atoms with van der Waals surface area (Å²) in [6.07, 6.45) is 0. The monoisotopic (exact) mass is 247 g/mol. The third kappa shape index (κ3) is 2.32. The van der Waals surface area contributed by atoms with Gasteiger partial charge in [-0.05, 0) is 38.2 Å². The molecule has 0 bridgehead atoms. The van der Waals surface area contributed by atoms with Crippen LogP contribution in [0.15, 0.2) is 18.2 Å². The third-order valence-electron chi connectivity index (χ3n) is 3.65. The molecule has 0 aromatic heterocycles. The van der Waals surface area contributed by atoms with Crippen LogP contribution in [0.2, 0.25) is 0 Å². The van der Waals surface area contributed by atoms with E-state index < -0.39 is 0 Å². The van der Waals surface area contributed by atoms with Gasteiger partial charge in [0.05, 0.1) is 17.3 Å². The van der Waals surface area contributed by atoms with Crippen molar-refractivity contribution in [2.75, 3.05) is 32.1 Å². The highest BCUT2D eigenvalue weighted by Gasteiger charge is 2.32. The van der Waals surface area contributed by atoms with Crippen LogP contribution in [0.1, 0.15) is 12.5 Å². The molecule has 2 atom stereocenters. The van der Waals surface area contributed by atoms with E-state index in [0.717, 1.165) is 13.1 Å². The average Bonchev–Trinajstić information content (AvgIpc) is 2.71. The summed E-state index contributed by atoms with van der Waals surface area (Å²) < 4.78 is 13.9. The summed E-state index contributed by atoms with van der Waals surface area (Å²) >= 11 is 0. The van der Waals surface area contributed by atoms with Crippen molar-refractivity contribution in [3.8, 4) is 6.07 Å². The second kappa shape index (κ2) is 4.95. The lowest BCUT2D eigenvalue weighted by Crippen LogP contribution is -2.34. The van der Waals surface area contributed by atoms with Crippen LogP contribution in [-0.4, -0.2) is 38.1 Å². The molecular weight excluding hydrogens is 229 g/mol. The Balaban J connectivity index is 2.22. The van der Waals surface area contributed by atoms with Gasteiger partial charge in [0, 0.05) is 19.1 Å². The number of rotatable bonds is 2. The molecule has 2 rings (SSSR count). The van der Waals surface area contributed by atoms with E-state index >= 15 is 0 Å². The first-order valence-corrected chi connectivity index (χ1v) is 6.14. The number of likely N-dealkylation sites (N-methyl/N-ethyl adjacent to an activating group) is 1. The summed E-state index contributed by atoms with van der Waals surface area (Å²) in [5.41, 5.74) is 0.970. The third-order valence-corrected chi connectivity index (χ3v) is 3.65. The summed E-state index contributed by atoms with van der Waals surface area (Å²) in [6, 6.07) is 7.09. The second-order valence-electron chi connectivity index (χ2n) is 5.19. The van der Waals surface area contributed by atoms with Crippen LogP contribution < -0.4 is 4.90 Å². The van der Waals surface area contributed by atoms with Gasteiger partial charge in [0.25, 0.3) is 0 Å². The van der Waals surface area contributed by atoms with Gasteiger partial charge in [0.1, 0.15) is 5.82 Å². The van der Waals surface area contributed by atoms with Crippen LogP contribution in [0, 0.1) is 23.1 Å². The van der Waals surface area contributed by atoms with Gasteiger partial charge in [-0.1, -0.05) is 6.92 Å². The minimum absolute atomic E-state index is 0.305. The summed E-state index contributed by atoms with van der Waals surface area (Å²) in [4.78, 5) is 4.25. The standard InChI is InChI=1S/C14H18FN3/c1-10-8-18(9-14(10)17(2)3)13-5-4-11(7-16)6-12(13)15/h4-6,10,14H,8-9H2,1-3H3. The van der Waals surface area contributed by atoms with Crippen molar-refractivity contribution in [1.29, 1.82) is 5.26 Å². The molecule has 18 heavy (non-hydrogen) atoms. The predicted molar refractivity (Wildman–Crippen MR) is 70.0 cm³/mol. The van der Waals surface area contributed by atoms with Gasteiger partial charge in [-0.2, -0.15) is 5.26 Å². The van der Waals surface area contributed by atoms with Crippen molar-refractivity contribution in [2.45, 2.75) is 13.0 Å². The Morgan fingerprint density at radius 1 is 1.39 bits per heavy atom. The first-order chi connectivity index (χ1) is 8.52. The molecule has 0 amide bonds. The van der Waals surface area contributed by atoms with Gasteiger partial charge in [0.15, 0.2) is 0 Å². The normalized spacial score (nSPS) is 23.4. The molecule has 1 aromatic carbocycles. The Kier molecular flexibility index (Phi) is 3.53. The highest BCUT2D eigenvalue weighted by atomic mass is 19.1. The summed E-state index contributed by atoms with van der Waals surface area (Å²) in [7, 11) is 4.11. The van der Waals surface area contributed by atoms with Gasteiger partial charge >= 0.3 is 0 Å². The number of hydrogen-bond acceptors (Lipinski definition) is 3. The number of hydrogen-bond donors (Lipinski definition) is 0. The van der Waals surface area contributed by atoms with Crippen LogP contribution in [0.4, 0.5) is 10.1 Å². The molecule has 0 aliphatic carbocycles. The average molecular weight is 247 g/mol. The van der Waals surface area contributed by atoms with Crippen LogP contribution in [-0.2, 0) is 0 Å². The quantitative estimate of drug-likeness (QED) is 0.801. The zero-order valence-corrected chi connectivity index (χ0v) is 11.0. The Morgan fingerprint density at radius 3 is 2.61 bits per heavy atom. The number of nitriles is 1. The van der Waals surface area contributed by atoms with E-state index in [4.69, 9.17) is 5.26 Å². The van der Waals surface area contributed by atoms with E-state index in [1.165, 1.54) is 6.07 Å². The largest absolute Gasteiger partial charge is 0.367 e. The molecule has 1 fully saturated rings. The lowest BCUT2D eigenvalue weighted by molar-refractivity contribution is 0.266. The Bertz CT molecular complexity index is 478. The maximum Gasteiger partial charge on any atom is 0.147 e. The van der Waals surface area contributed by atoms with E-state index in [9.17, 15) is 4.39 Å². The minimum Gasteiger partial charge on any atom is -0.367 e. The van der Waals surface area contributed by atoms with Crippen molar-refractivity contribution in [2.24, 2.45) is 5.92 Å². The van der Waals surface area contributed by atoms with Gasteiger partial charge in [-0.15, -0.1) is 0 Å². The molecule has 1 saturated heterocycles. The Labute approximate surface area is 107 Å². The van der Waals surface area contributed by atoms with Gasteiger partial charge < -0.3 is 9.80 Å². The number of anilines is 1. The number of halogens is 1. The number of nitrogens with zero attached hydrogens (tertiary/aromatic N) is 3. The fourth-order valence-electron chi connectivity index (χ4n) is 2.65. The molecule has 3 nitrogen and oxygen atoms in total. The van der Waals surface area contributed by atoms with Crippen molar-refractivity contribution in [3.05, 3.63) is 29.6 Å². The molecule has 0 radical (unpaired) electrons. The fraction of sp³-hybridized carbons (Fsp3) is 0.500. The van der Waals surface area contributed by atoms with E-state index in [1.54, 1.807) is 12.1 Å². The summed E-state index contributed by atoms with van der Waals surface area (Å²) in [5.74, 6) is 0.204. The van der Waals surface area contributed by atoms with Gasteiger partial charge in [0.2, 0.25) is 0 Å². The number of benzene rings is 1. The van der Waals surface area contributed by atoms with Gasteiger partial charge in [-0.3, -0.25) is 0 Å².